The monoisotopic (exact) mass is 367 g/mol. The van der Waals surface area contributed by atoms with E-state index in [-0.39, 0.29) is 24.3 Å². The van der Waals surface area contributed by atoms with Gasteiger partial charge < -0.3 is 14.9 Å². The summed E-state index contributed by atoms with van der Waals surface area (Å²) in [6.07, 6.45) is 0.770. The number of amides is 2. The summed E-state index contributed by atoms with van der Waals surface area (Å²) < 4.78 is 5.47. The summed E-state index contributed by atoms with van der Waals surface area (Å²) in [6.45, 7) is 8.21. The maximum absolute atomic E-state index is 12.3. The fraction of sp³-hybridized carbons (Fsp3) is 0.529. The third-order valence-corrected chi connectivity index (χ3v) is 3.43. The van der Waals surface area contributed by atoms with Crippen LogP contribution in [0.1, 0.15) is 47.9 Å². The second-order valence-electron chi connectivity index (χ2n) is 5.30. The van der Waals surface area contributed by atoms with Gasteiger partial charge in [0.2, 0.25) is 0 Å². The fourth-order valence-electron chi connectivity index (χ4n) is 2.29. The van der Waals surface area contributed by atoms with Crippen molar-refractivity contribution in [2.24, 2.45) is 0 Å². The summed E-state index contributed by atoms with van der Waals surface area (Å²) >= 11 is 0. The number of imide groups is 1. The van der Waals surface area contributed by atoms with Gasteiger partial charge in [-0.1, -0.05) is 26.8 Å². The number of rotatable bonds is 9. The van der Waals surface area contributed by atoms with E-state index in [2.05, 4.69) is 24.0 Å². The van der Waals surface area contributed by atoms with Crippen LogP contribution in [0.5, 0.6) is 5.75 Å². The first kappa shape index (κ1) is 21.4. The summed E-state index contributed by atoms with van der Waals surface area (Å²) in [5.74, 6) is -0.664. The fourth-order valence-corrected chi connectivity index (χ4v) is 2.29. The molecule has 0 saturated carbocycles. The smallest absolute Gasteiger partial charge is 0.294 e. The van der Waals surface area contributed by atoms with Crippen molar-refractivity contribution in [3.63, 3.8) is 0 Å². The SMILES string of the molecule is CCCOc1cccc2c1C(=O)N(CCO[N+](=O)[O-])C2=O.CCNCC. The van der Waals surface area contributed by atoms with Crippen LogP contribution >= 0.6 is 0 Å². The second-order valence-corrected chi connectivity index (χ2v) is 5.30. The summed E-state index contributed by atoms with van der Waals surface area (Å²) in [6, 6.07) is 4.78. The Balaban J connectivity index is 0.000000597. The summed E-state index contributed by atoms with van der Waals surface area (Å²) in [4.78, 5) is 39.6. The number of hydrogen-bond acceptors (Lipinski definition) is 7. The molecule has 0 aliphatic carbocycles. The Bertz CT molecular complexity index is 633. The molecule has 1 aromatic rings. The Morgan fingerprint density at radius 2 is 1.81 bits per heavy atom. The third-order valence-electron chi connectivity index (χ3n) is 3.43. The molecule has 1 aromatic carbocycles. The van der Waals surface area contributed by atoms with Crippen LogP contribution in [-0.4, -0.2) is 54.6 Å². The highest BCUT2D eigenvalue weighted by atomic mass is 16.9. The Labute approximate surface area is 152 Å². The van der Waals surface area contributed by atoms with E-state index in [0.29, 0.717) is 12.4 Å². The minimum atomic E-state index is -0.964. The summed E-state index contributed by atoms with van der Waals surface area (Å²) in [7, 11) is 0. The molecule has 0 bridgehead atoms. The Kier molecular flexibility index (Phi) is 9.07. The van der Waals surface area contributed by atoms with Crippen molar-refractivity contribution in [2.75, 3.05) is 32.8 Å². The van der Waals surface area contributed by atoms with E-state index in [1.165, 1.54) is 6.07 Å². The average molecular weight is 367 g/mol. The molecule has 0 spiro atoms. The molecule has 2 amide bonds. The van der Waals surface area contributed by atoms with Crippen molar-refractivity contribution in [1.82, 2.24) is 10.2 Å². The number of fused-ring (bicyclic) bond motifs is 1. The maximum atomic E-state index is 12.3. The minimum absolute atomic E-state index is 0.180. The van der Waals surface area contributed by atoms with E-state index < -0.39 is 16.9 Å². The van der Waals surface area contributed by atoms with Gasteiger partial charge in [0.15, 0.2) is 0 Å². The van der Waals surface area contributed by atoms with Crippen molar-refractivity contribution in [2.45, 2.75) is 27.2 Å². The normalized spacial score (nSPS) is 12.3. The Morgan fingerprint density at radius 1 is 1.12 bits per heavy atom. The van der Waals surface area contributed by atoms with Crippen LogP contribution in [0.15, 0.2) is 18.2 Å². The van der Waals surface area contributed by atoms with Crippen molar-refractivity contribution in [3.05, 3.63) is 39.4 Å². The minimum Gasteiger partial charge on any atom is -0.493 e. The van der Waals surface area contributed by atoms with Crippen molar-refractivity contribution < 1.29 is 24.3 Å². The van der Waals surface area contributed by atoms with Crippen molar-refractivity contribution >= 4 is 11.8 Å². The zero-order chi connectivity index (χ0) is 19.5. The molecule has 1 N–H and O–H groups in total. The van der Waals surface area contributed by atoms with Gasteiger partial charge in [0.1, 0.15) is 12.4 Å². The molecule has 0 aromatic heterocycles. The molecule has 0 atom stereocenters. The number of nitrogens with zero attached hydrogens (tertiary/aromatic N) is 2. The van der Waals surface area contributed by atoms with Gasteiger partial charge in [-0.3, -0.25) is 14.5 Å². The predicted octanol–water partition coefficient (Wildman–Crippen LogP) is 1.90. The number of carbonyl (C=O) groups is 2. The molecular weight excluding hydrogens is 342 g/mol. The average Bonchev–Trinajstić information content (AvgIpc) is 2.86. The predicted molar refractivity (Wildman–Crippen MR) is 94.8 cm³/mol. The molecule has 0 saturated heterocycles. The van der Waals surface area contributed by atoms with Crippen LogP contribution in [0, 0.1) is 10.1 Å². The molecule has 9 nitrogen and oxygen atoms in total. The van der Waals surface area contributed by atoms with Crippen LogP contribution in [0.25, 0.3) is 0 Å². The van der Waals surface area contributed by atoms with Crippen LogP contribution < -0.4 is 10.1 Å². The van der Waals surface area contributed by atoms with E-state index >= 15 is 0 Å². The quantitative estimate of drug-likeness (QED) is 0.403. The molecule has 2 rings (SSSR count). The van der Waals surface area contributed by atoms with E-state index in [0.717, 1.165) is 24.4 Å². The van der Waals surface area contributed by atoms with Gasteiger partial charge in [-0.2, -0.15) is 0 Å². The molecule has 26 heavy (non-hydrogen) atoms. The molecule has 0 unspecified atom stereocenters. The first-order valence-corrected chi connectivity index (χ1v) is 8.57. The van der Waals surface area contributed by atoms with Crippen molar-refractivity contribution in [3.8, 4) is 5.75 Å². The lowest BCUT2D eigenvalue weighted by atomic mass is 10.1. The lowest BCUT2D eigenvalue weighted by Gasteiger charge is -2.12. The molecule has 9 heteroatoms. The number of ether oxygens (including phenoxy) is 1. The number of carbonyl (C=O) groups excluding carboxylic acids is 2. The van der Waals surface area contributed by atoms with Gasteiger partial charge in [0.25, 0.3) is 16.9 Å². The van der Waals surface area contributed by atoms with E-state index in [1.807, 2.05) is 6.92 Å². The third kappa shape index (κ3) is 5.69. The van der Waals surface area contributed by atoms with Crippen LogP contribution in [0.2, 0.25) is 0 Å². The highest BCUT2D eigenvalue weighted by molar-refractivity contribution is 6.22. The molecule has 0 fully saturated rings. The molecule has 144 valence electrons. The van der Waals surface area contributed by atoms with Crippen LogP contribution in [0.3, 0.4) is 0 Å². The van der Waals surface area contributed by atoms with Gasteiger partial charge in [-0.25, -0.2) is 0 Å². The highest BCUT2D eigenvalue weighted by Crippen LogP contribution is 2.30. The Hall–Kier alpha value is -2.68. The van der Waals surface area contributed by atoms with Crippen LogP contribution in [0.4, 0.5) is 0 Å². The zero-order valence-corrected chi connectivity index (χ0v) is 15.3. The summed E-state index contributed by atoms with van der Waals surface area (Å²) in [5, 5.41) is 12.2. The molecule has 1 aliphatic heterocycles. The first-order chi connectivity index (χ1) is 12.5. The van der Waals surface area contributed by atoms with E-state index in [4.69, 9.17) is 4.74 Å². The van der Waals surface area contributed by atoms with E-state index in [9.17, 15) is 19.7 Å². The lowest BCUT2D eigenvalue weighted by molar-refractivity contribution is -0.757. The second kappa shape index (κ2) is 11.0. The standard InChI is InChI=1S/C13H14N2O6.C4H11N/c1-2-7-20-10-5-3-4-9-11(10)13(17)14(12(9)16)6-8-21-15(18)19;1-3-5-4-2/h3-5H,2,6-8H2,1H3;5H,3-4H2,1-2H3. The number of nitrogens with one attached hydrogen (secondary N) is 1. The van der Waals surface area contributed by atoms with Crippen LogP contribution in [-0.2, 0) is 4.84 Å². The number of hydrogen-bond donors (Lipinski definition) is 1. The lowest BCUT2D eigenvalue weighted by Crippen LogP contribution is -2.33. The maximum Gasteiger partial charge on any atom is 0.294 e. The van der Waals surface area contributed by atoms with Crippen molar-refractivity contribution in [1.29, 1.82) is 0 Å². The topological polar surface area (TPSA) is 111 Å². The number of benzene rings is 1. The first-order valence-electron chi connectivity index (χ1n) is 8.57. The van der Waals surface area contributed by atoms with Gasteiger partial charge >= 0.3 is 0 Å². The summed E-state index contributed by atoms with van der Waals surface area (Å²) in [5.41, 5.74) is 0.451. The van der Waals surface area contributed by atoms with Gasteiger partial charge in [0.05, 0.1) is 24.3 Å². The zero-order valence-electron chi connectivity index (χ0n) is 15.3. The van der Waals surface area contributed by atoms with Gasteiger partial charge in [-0.15, -0.1) is 10.1 Å². The van der Waals surface area contributed by atoms with E-state index in [1.54, 1.807) is 12.1 Å². The largest absolute Gasteiger partial charge is 0.493 e. The highest BCUT2D eigenvalue weighted by Gasteiger charge is 2.37. The Morgan fingerprint density at radius 3 is 2.35 bits per heavy atom. The molecule has 1 aliphatic rings. The van der Waals surface area contributed by atoms with Gasteiger partial charge in [-0.05, 0) is 31.6 Å². The molecule has 0 radical (unpaired) electrons. The van der Waals surface area contributed by atoms with Gasteiger partial charge in [0, 0.05) is 0 Å². The molecule has 1 heterocycles. The molecular formula is C17H25N3O6.